The topological polar surface area (TPSA) is 57.5 Å². The van der Waals surface area contributed by atoms with Gasteiger partial charge in [0, 0.05) is 18.4 Å². The third kappa shape index (κ3) is 3.48. The van der Waals surface area contributed by atoms with E-state index in [9.17, 15) is 9.59 Å². The maximum atomic E-state index is 13.2. The highest BCUT2D eigenvalue weighted by Gasteiger charge is 2.33. The first-order chi connectivity index (χ1) is 15.1. The summed E-state index contributed by atoms with van der Waals surface area (Å²) < 4.78 is 13.1. The van der Waals surface area contributed by atoms with Crippen molar-refractivity contribution < 1.29 is 14.3 Å². The molecule has 0 saturated carbocycles. The maximum Gasteiger partial charge on any atom is 0.312 e. The molecule has 1 aliphatic rings. The van der Waals surface area contributed by atoms with Crippen molar-refractivity contribution >= 4 is 16.9 Å². The average Bonchev–Trinajstić information content (AvgIpc) is 2.81. The smallest absolute Gasteiger partial charge is 0.312 e. The van der Waals surface area contributed by atoms with Gasteiger partial charge in [0.1, 0.15) is 18.1 Å². The van der Waals surface area contributed by atoms with Gasteiger partial charge >= 0.3 is 5.97 Å². The Balaban J connectivity index is 1.50. The van der Waals surface area contributed by atoms with Crippen LogP contribution in [0.15, 0.2) is 83.7 Å². The number of hydrogen-bond acceptors (Lipinski definition) is 4. The first kappa shape index (κ1) is 19.1. The van der Waals surface area contributed by atoms with Gasteiger partial charge in [0.25, 0.3) is 5.56 Å². The van der Waals surface area contributed by atoms with Crippen molar-refractivity contribution in [2.24, 2.45) is 7.05 Å². The molecule has 0 amide bonds. The van der Waals surface area contributed by atoms with Crippen molar-refractivity contribution in [3.05, 3.63) is 106 Å². The molecule has 0 bridgehead atoms. The van der Waals surface area contributed by atoms with Crippen molar-refractivity contribution in [1.29, 1.82) is 0 Å². The molecule has 0 N–H and O–H groups in total. The van der Waals surface area contributed by atoms with Gasteiger partial charge in [0.2, 0.25) is 0 Å². The molecule has 2 heterocycles. The van der Waals surface area contributed by atoms with Gasteiger partial charge in [0.15, 0.2) is 0 Å². The van der Waals surface area contributed by atoms with Crippen molar-refractivity contribution in [3.8, 4) is 11.5 Å². The Morgan fingerprint density at radius 1 is 0.935 bits per heavy atom. The molecule has 5 rings (SSSR count). The molecule has 1 aliphatic heterocycles. The maximum absolute atomic E-state index is 13.2. The molecule has 1 aromatic heterocycles. The Morgan fingerprint density at radius 3 is 2.42 bits per heavy atom. The number of rotatable bonds is 4. The van der Waals surface area contributed by atoms with Gasteiger partial charge < -0.3 is 14.0 Å². The van der Waals surface area contributed by atoms with Gasteiger partial charge in [-0.1, -0.05) is 54.6 Å². The number of benzene rings is 3. The number of carbonyl (C=O) groups is 1. The van der Waals surface area contributed by atoms with Crippen LogP contribution in [0.3, 0.4) is 0 Å². The molecule has 3 aromatic carbocycles. The lowest BCUT2D eigenvalue weighted by Crippen LogP contribution is -2.31. The standard InChI is InChI=1S/C26H21NO4/c1-27-22-10-6-5-9-20(22)25-24(26(27)29)21(15-23(28)31-25)18-11-13-19(14-12-18)30-16-17-7-3-2-4-8-17/h2-14,21H,15-16H2,1H3. The van der Waals surface area contributed by atoms with Crippen LogP contribution in [0.1, 0.15) is 29.0 Å². The minimum atomic E-state index is -0.359. The van der Waals surface area contributed by atoms with Gasteiger partial charge in [-0.05, 0) is 35.4 Å². The van der Waals surface area contributed by atoms with E-state index in [1.165, 1.54) is 0 Å². The van der Waals surface area contributed by atoms with Gasteiger partial charge in [-0.15, -0.1) is 0 Å². The minimum absolute atomic E-state index is 0.130. The van der Waals surface area contributed by atoms with E-state index in [2.05, 4.69) is 0 Å². The molecular weight excluding hydrogens is 390 g/mol. The van der Waals surface area contributed by atoms with E-state index in [1.54, 1.807) is 11.6 Å². The lowest BCUT2D eigenvalue weighted by atomic mass is 9.86. The number of nitrogens with zero attached hydrogens (tertiary/aromatic N) is 1. The van der Waals surface area contributed by atoms with E-state index >= 15 is 0 Å². The normalized spacial score (nSPS) is 15.4. The highest BCUT2D eigenvalue weighted by atomic mass is 16.5. The molecule has 0 spiro atoms. The number of esters is 1. The molecule has 4 aromatic rings. The SMILES string of the molecule is Cn1c(=O)c2c(c3ccccc31)OC(=O)CC2c1ccc(OCc2ccccc2)cc1. The van der Waals surface area contributed by atoms with E-state index in [-0.39, 0.29) is 23.9 Å². The molecule has 0 saturated heterocycles. The summed E-state index contributed by atoms with van der Waals surface area (Å²) in [7, 11) is 1.75. The van der Waals surface area contributed by atoms with Gasteiger partial charge in [-0.25, -0.2) is 0 Å². The Kier molecular flexibility index (Phi) is 4.79. The second-order valence-electron chi connectivity index (χ2n) is 7.70. The van der Waals surface area contributed by atoms with Crippen LogP contribution < -0.4 is 15.0 Å². The largest absolute Gasteiger partial charge is 0.489 e. The average molecular weight is 411 g/mol. The van der Waals surface area contributed by atoms with Crippen LogP contribution >= 0.6 is 0 Å². The summed E-state index contributed by atoms with van der Waals surface area (Å²) in [5, 5.41) is 0.764. The third-order valence-corrected chi connectivity index (χ3v) is 5.76. The van der Waals surface area contributed by atoms with Crippen LogP contribution in [0.5, 0.6) is 11.5 Å². The molecule has 5 heteroatoms. The van der Waals surface area contributed by atoms with Crippen LogP contribution in [-0.4, -0.2) is 10.5 Å². The Bertz CT molecular complexity index is 1320. The molecular formula is C26H21NO4. The summed E-state index contributed by atoms with van der Waals surface area (Å²) in [6.07, 6.45) is 0.130. The second-order valence-corrected chi connectivity index (χ2v) is 7.70. The van der Waals surface area contributed by atoms with Crippen LogP contribution in [0.2, 0.25) is 0 Å². The summed E-state index contributed by atoms with van der Waals surface area (Å²) in [4.78, 5) is 25.6. The molecule has 0 aliphatic carbocycles. The number of carbonyl (C=O) groups excluding carboxylic acids is 1. The number of para-hydroxylation sites is 1. The van der Waals surface area contributed by atoms with E-state index in [0.29, 0.717) is 17.9 Å². The zero-order valence-electron chi connectivity index (χ0n) is 17.1. The Morgan fingerprint density at radius 2 is 1.65 bits per heavy atom. The zero-order valence-corrected chi connectivity index (χ0v) is 17.1. The van der Waals surface area contributed by atoms with Crippen molar-refractivity contribution in [2.75, 3.05) is 0 Å². The lowest BCUT2D eigenvalue weighted by molar-refractivity contribution is -0.135. The van der Waals surface area contributed by atoms with Crippen molar-refractivity contribution in [2.45, 2.75) is 18.9 Å². The molecule has 0 radical (unpaired) electrons. The van der Waals surface area contributed by atoms with Crippen molar-refractivity contribution in [1.82, 2.24) is 4.57 Å². The van der Waals surface area contributed by atoms with Gasteiger partial charge in [-0.3, -0.25) is 9.59 Å². The fourth-order valence-corrected chi connectivity index (χ4v) is 4.15. The number of fused-ring (bicyclic) bond motifs is 3. The summed E-state index contributed by atoms with van der Waals surface area (Å²) in [6, 6.07) is 25.0. The predicted molar refractivity (Wildman–Crippen MR) is 119 cm³/mol. The van der Waals surface area contributed by atoms with Crippen LogP contribution in [0.4, 0.5) is 0 Å². The minimum Gasteiger partial charge on any atom is -0.489 e. The number of ether oxygens (including phenoxy) is 2. The fraction of sp³-hybridized carbons (Fsp3) is 0.154. The van der Waals surface area contributed by atoms with Crippen LogP contribution in [0, 0.1) is 0 Å². The predicted octanol–water partition coefficient (Wildman–Crippen LogP) is 4.56. The molecule has 154 valence electrons. The van der Waals surface area contributed by atoms with E-state index < -0.39 is 0 Å². The Hall–Kier alpha value is -3.86. The van der Waals surface area contributed by atoms with Crippen LogP contribution in [-0.2, 0) is 18.4 Å². The van der Waals surface area contributed by atoms with Crippen molar-refractivity contribution in [3.63, 3.8) is 0 Å². The quantitative estimate of drug-likeness (QED) is 0.462. The first-order valence-electron chi connectivity index (χ1n) is 10.2. The highest BCUT2D eigenvalue weighted by Crippen LogP contribution is 2.40. The van der Waals surface area contributed by atoms with Gasteiger partial charge in [0.05, 0.1) is 17.5 Å². The Labute approximate surface area is 179 Å². The first-order valence-corrected chi connectivity index (χ1v) is 10.2. The second kappa shape index (κ2) is 7.76. The van der Waals surface area contributed by atoms with E-state index in [4.69, 9.17) is 9.47 Å². The highest BCUT2D eigenvalue weighted by molar-refractivity contribution is 5.91. The zero-order chi connectivity index (χ0) is 21.4. The number of pyridine rings is 1. The third-order valence-electron chi connectivity index (χ3n) is 5.76. The number of aromatic nitrogens is 1. The number of hydrogen-bond donors (Lipinski definition) is 0. The van der Waals surface area contributed by atoms with Gasteiger partial charge in [-0.2, -0.15) is 0 Å². The lowest BCUT2D eigenvalue weighted by Gasteiger charge is -2.26. The van der Waals surface area contributed by atoms with Crippen LogP contribution in [0.25, 0.3) is 10.9 Å². The molecule has 31 heavy (non-hydrogen) atoms. The molecule has 1 unspecified atom stereocenters. The fourth-order valence-electron chi connectivity index (χ4n) is 4.15. The summed E-state index contributed by atoms with van der Waals surface area (Å²) in [5.41, 5.74) is 3.10. The summed E-state index contributed by atoms with van der Waals surface area (Å²) >= 11 is 0. The molecule has 5 nitrogen and oxygen atoms in total. The summed E-state index contributed by atoms with van der Waals surface area (Å²) in [6.45, 7) is 0.477. The number of aryl methyl sites for hydroxylation is 1. The molecule has 0 fully saturated rings. The van der Waals surface area contributed by atoms with E-state index in [0.717, 1.165) is 27.8 Å². The van der Waals surface area contributed by atoms with E-state index in [1.807, 2.05) is 78.9 Å². The monoisotopic (exact) mass is 411 g/mol. The summed E-state index contributed by atoms with van der Waals surface area (Å²) in [5.74, 6) is 0.421. The molecule has 1 atom stereocenters.